The minimum atomic E-state index is -1.16. The molecule has 220 valence electrons. The van der Waals surface area contributed by atoms with E-state index in [1.165, 1.54) is 32.2 Å². The minimum absolute atomic E-state index is 0.132. The summed E-state index contributed by atoms with van der Waals surface area (Å²) in [5, 5.41) is 11.8. The number of aryl methyl sites for hydroxylation is 1. The predicted octanol–water partition coefficient (Wildman–Crippen LogP) is 3.90. The van der Waals surface area contributed by atoms with Crippen LogP contribution in [0, 0.1) is 24.1 Å². The molecule has 0 saturated heterocycles. The molecule has 0 aliphatic carbocycles. The number of amides is 1. The van der Waals surface area contributed by atoms with E-state index in [4.69, 9.17) is 19.5 Å². The highest BCUT2D eigenvalue weighted by Gasteiger charge is 2.26. The molecule has 0 bridgehead atoms. The molecule has 1 amide bonds. The smallest absolute Gasteiger partial charge is 0.348 e. The van der Waals surface area contributed by atoms with E-state index in [-0.39, 0.29) is 34.7 Å². The van der Waals surface area contributed by atoms with Gasteiger partial charge in [0, 0.05) is 11.6 Å². The lowest BCUT2D eigenvalue weighted by Crippen LogP contribution is -2.45. The van der Waals surface area contributed by atoms with Gasteiger partial charge in [-0.2, -0.15) is 5.26 Å². The SMILES string of the molecule is CCOC(=O)c1sc2[nH]c(=O)n([C@@H](C)C(=O)NC(C)CC[C@@H](OCCC#N)c3cc(F)ccc3OC)c(=O)c2c1C. The van der Waals surface area contributed by atoms with Crippen LogP contribution in [-0.4, -0.2) is 47.8 Å². The Labute approximate surface area is 239 Å². The van der Waals surface area contributed by atoms with Crippen molar-refractivity contribution < 1.29 is 28.2 Å². The normalized spacial score (nSPS) is 13.3. The number of thiophene rings is 1. The Hall–Kier alpha value is -4.02. The van der Waals surface area contributed by atoms with Gasteiger partial charge in [-0.25, -0.2) is 18.5 Å². The zero-order valence-corrected chi connectivity index (χ0v) is 24.4. The van der Waals surface area contributed by atoms with Crippen LogP contribution in [0.5, 0.6) is 5.75 Å². The zero-order valence-electron chi connectivity index (χ0n) is 23.5. The van der Waals surface area contributed by atoms with E-state index in [9.17, 15) is 23.6 Å². The van der Waals surface area contributed by atoms with Crippen LogP contribution in [-0.2, 0) is 14.3 Å². The van der Waals surface area contributed by atoms with Crippen molar-refractivity contribution in [3.8, 4) is 11.8 Å². The maximum Gasteiger partial charge on any atom is 0.348 e. The van der Waals surface area contributed by atoms with E-state index >= 15 is 0 Å². The van der Waals surface area contributed by atoms with Gasteiger partial charge >= 0.3 is 11.7 Å². The Bertz CT molecular complexity index is 1570. The highest BCUT2D eigenvalue weighted by molar-refractivity contribution is 7.20. The van der Waals surface area contributed by atoms with Crippen LogP contribution in [0.1, 0.15) is 73.0 Å². The molecule has 1 unspecified atom stereocenters. The average molecular weight is 589 g/mol. The van der Waals surface area contributed by atoms with Gasteiger partial charge in [0.05, 0.1) is 44.3 Å². The third-order valence-electron chi connectivity index (χ3n) is 6.57. The van der Waals surface area contributed by atoms with Gasteiger partial charge in [-0.1, -0.05) is 0 Å². The van der Waals surface area contributed by atoms with E-state index in [1.54, 1.807) is 20.8 Å². The number of carbonyl (C=O) groups is 2. The van der Waals surface area contributed by atoms with Gasteiger partial charge in [0.25, 0.3) is 5.56 Å². The number of halogens is 1. The van der Waals surface area contributed by atoms with Crippen LogP contribution < -0.4 is 21.3 Å². The largest absolute Gasteiger partial charge is 0.496 e. The lowest BCUT2D eigenvalue weighted by Gasteiger charge is -2.23. The molecule has 13 heteroatoms. The summed E-state index contributed by atoms with van der Waals surface area (Å²) in [6, 6.07) is 4.52. The fourth-order valence-electron chi connectivity index (χ4n) is 4.46. The van der Waals surface area contributed by atoms with E-state index in [0.29, 0.717) is 29.7 Å². The number of nitriles is 1. The minimum Gasteiger partial charge on any atom is -0.496 e. The van der Waals surface area contributed by atoms with Crippen LogP contribution in [0.3, 0.4) is 0 Å². The van der Waals surface area contributed by atoms with Crippen molar-refractivity contribution in [3.05, 3.63) is 60.9 Å². The number of benzene rings is 1. The molecule has 0 spiro atoms. The van der Waals surface area contributed by atoms with Gasteiger partial charge in [-0.05, 0) is 64.3 Å². The predicted molar refractivity (Wildman–Crippen MR) is 151 cm³/mol. The molecule has 2 N–H and O–H groups in total. The number of aromatic amines is 1. The molecule has 41 heavy (non-hydrogen) atoms. The van der Waals surface area contributed by atoms with Gasteiger partial charge in [0.15, 0.2) is 0 Å². The van der Waals surface area contributed by atoms with Crippen LogP contribution in [0.2, 0.25) is 0 Å². The van der Waals surface area contributed by atoms with E-state index in [0.717, 1.165) is 15.9 Å². The molecule has 11 nitrogen and oxygen atoms in total. The maximum absolute atomic E-state index is 14.0. The standard InChI is InChI=1S/C28H33FN4O7S/c1-6-39-27(36)23-16(3)22-25(41-23)32-28(37)33(26(22)35)17(4)24(34)31-15(2)8-10-21(40-13-7-12-30)19-14-18(29)9-11-20(19)38-5/h9,11,14-15,17,21H,6-8,10,13H2,1-5H3,(H,31,34)(H,32,37)/t15?,17-,21+/m0/s1. The molecule has 0 aliphatic heterocycles. The highest BCUT2D eigenvalue weighted by atomic mass is 32.1. The van der Waals surface area contributed by atoms with Crippen molar-refractivity contribution >= 4 is 33.4 Å². The zero-order chi connectivity index (χ0) is 30.3. The molecule has 0 saturated carbocycles. The van der Waals surface area contributed by atoms with Crippen LogP contribution >= 0.6 is 11.3 Å². The molecule has 2 aromatic heterocycles. The third-order valence-corrected chi connectivity index (χ3v) is 7.76. The summed E-state index contributed by atoms with van der Waals surface area (Å²) in [7, 11) is 1.46. The number of ether oxygens (including phenoxy) is 3. The average Bonchev–Trinajstić information content (AvgIpc) is 3.26. The molecule has 1 aromatic carbocycles. The fourth-order valence-corrected chi connectivity index (χ4v) is 5.54. The Balaban J connectivity index is 1.78. The van der Waals surface area contributed by atoms with Gasteiger partial charge in [-0.3, -0.25) is 14.6 Å². The number of hydrogen-bond donors (Lipinski definition) is 2. The summed E-state index contributed by atoms with van der Waals surface area (Å²) >= 11 is 0.951. The fraction of sp³-hybridized carbons (Fsp3) is 0.464. The number of carbonyl (C=O) groups excluding carboxylic acids is 2. The Kier molecular flexibility index (Phi) is 10.8. The first-order valence-electron chi connectivity index (χ1n) is 13.1. The first-order valence-corrected chi connectivity index (χ1v) is 13.9. The second kappa shape index (κ2) is 14.0. The third kappa shape index (κ3) is 7.20. The second-order valence-electron chi connectivity index (χ2n) is 9.40. The van der Waals surface area contributed by atoms with Gasteiger partial charge in [0.1, 0.15) is 27.3 Å². The topological polar surface area (TPSA) is 153 Å². The van der Waals surface area contributed by atoms with E-state index in [1.807, 2.05) is 6.07 Å². The molecule has 3 atom stereocenters. The van der Waals surface area contributed by atoms with Crippen LogP contribution in [0.4, 0.5) is 4.39 Å². The van der Waals surface area contributed by atoms with Gasteiger partial charge < -0.3 is 19.5 Å². The summed E-state index contributed by atoms with van der Waals surface area (Å²) in [6.45, 7) is 6.73. The molecule has 2 heterocycles. The number of esters is 1. The molecule has 0 aliphatic rings. The summed E-state index contributed by atoms with van der Waals surface area (Å²) < 4.78 is 31.1. The van der Waals surface area contributed by atoms with Gasteiger partial charge in [0.2, 0.25) is 5.91 Å². The first kappa shape index (κ1) is 31.5. The quantitative estimate of drug-likeness (QED) is 0.225. The van der Waals surface area contributed by atoms with Crippen LogP contribution in [0.15, 0.2) is 27.8 Å². The molecular weight excluding hydrogens is 555 g/mol. The second-order valence-corrected chi connectivity index (χ2v) is 10.4. The number of fused-ring (bicyclic) bond motifs is 1. The first-order chi connectivity index (χ1) is 19.5. The van der Waals surface area contributed by atoms with E-state index in [2.05, 4.69) is 10.3 Å². The van der Waals surface area contributed by atoms with Crippen molar-refractivity contribution in [1.29, 1.82) is 5.26 Å². The Morgan fingerprint density at radius 3 is 2.63 bits per heavy atom. The van der Waals surface area contributed by atoms with Crippen molar-refractivity contribution in [2.24, 2.45) is 0 Å². The number of rotatable bonds is 13. The molecule has 3 rings (SSSR count). The lowest BCUT2D eigenvalue weighted by molar-refractivity contribution is -0.124. The lowest BCUT2D eigenvalue weighted by atomic mass is 10.0. The summed E-state index contributed by atoms with van der Waals surface area (Å²) in [5.74, 6) is -1.19. The van der Waals surface area contributed by atoms with Crippen molar-refractivity contribution in [2.75, 3.05) is 20.3 Å². The number of H-pyrrole nitrogens is 1. The maximum atomic E-state index is 14.0. The monoisotopic (exact) mass is 588 g/mol. The van der Waals surface area contributed by atoms with E-state index < -0.39 is 47.1 Å². The summed E-state index contributed by atoms with van der Waals surface area (Å²) in [6.07, 6.45) is 0.301. The highest BCUT2D eigenvalue weighted by Crippen LogP contribution is 2.32. The molecule has 3 aromatic rings. The van der Waals surface area contributed by atoms with Crippen molar-refractivity contribution in [2.45, 2.75) is 65.1 Å². The number of aromatic nitrogens is 2. The Morgan fingerprint density at radius 2 is 1.98 bits per heavy atom. The summed E-state index contributed by atoms with van der Waals surface area (Å²) in [5.41, 5.74) is -0.613. The van der Waals surface area contributed by atoms with Gasteiger partial charge in [-0.15, -0.1) is 11.3 Å². The van der Waals surface area contributed by atoms with Crippen LogP contribution in [0.25, 0.3) is 10.2 Å². The van der Waals surface area contributed by atoms with Crippen molar-refractivity contribution in [1.82, 2.24) is 14.9 Å². The number of hydrogen-bond acceptors (Lipinski definition) is 9. The molecule has 0 fully saturated rings. The van der Waals surface area contributed by atoms with Crippen molar-refractivity contribution in [3.63, 3.8) is 0 Å². The number of nitrogens with zero attached hydrogens (tertiary/aromatic N) is 2. The Morgan fingerprint density at radius 1 is 1.24 bits per heavy atom. The molecule has 0 radical (unpaired) electrons. The number of methoxy groups -OCH3 is 1. The molecular formula is C28H33FN4O7S. The number of nitrogens with one attached hydrogen (secondary N) is 2. The summed E-state index contributed by atoms with van der Waals surface area (Å²) in [4.78, 5) is 54.6.